The number of nitrogens with zero attached hydrogens (tertiary/aromatic N) is 3. The quantitative estimate of drug-likeness (QED) is 0.178. The minimum Gasteiger partial charge on any atom is -0.335 e. The van der Waals surface area contributed by atoms with Crippen molar-refractivity contribution in [1.29, 1.82) is 0 Å². The average Bonchev–Trinajstić information content (AvgIpc) is 3.14. The molecule has 0 N–H and O–H groups in total. The molecule has 6 aromatic rings. The molecule has 0 saturated carbocycles. The summed E-state index contributed by atoms with van der Waals surface area (Å²) < 4.78 is 0. The van der Waals surface area contributed by atoms with Gasteiger partial charge in [0, 0.05) is 51.3 Å². The first kappa shape index (κ1) is 28.5. The zero-order chi connectivity index (χ0) is 32.2. The highest BCUT2D eigenvalue weighted by atomic mass is 15.2. The van der Waals surface area contributed by atoms with E-state index in [2.05, 4.69) is 198 Å². The maximum absolute atomic E-state index is 2.56. The Morgan fingerprint density at radius 2 is 1.15 bits per heavy atom. The molecule has 0 spiro atoms. The largest absolute Gasteiger partial charge is 0.335 e. The maximum atomic E-state index is 2.56. The number of benzene rings is 6. The molecule has 4 heteroatoms. The van der Waals surface area contributed by atoms with Crippen LogP contribution in [0.3, 0.4) is 0 Å². The molecule has 0 saturated heterocycles. The third-order valence-electron chi connectivity index (χ3n) is 10.2. The highest BCUT2D eigenvalue weighted by molar-refractivity contribution is 6.90. The van der Waals surface area contributed by atoms with Crippen molar-refractivity contribution in [3.05, 3.63) is 187 Å². The minimum absolute atomic E-state index is 0.168. The van der Waals surface area contributed by atoms with E-state index in [1.165, 1.54) is 50.5 Å². The van der Waals surface area contributed by atoms with Gasteiger partial charge in [0.25, 0.3) is 0 Å². The van der Waals surface area contributed by atoms with Crippen molar-refractivity contribution in [3.63, 3.8) is 0 Å². The smallest absolute Gasteiger partial charge is 0.226 e. The lowest BCUT2D eigenvalue weighted by atomic mass is 9.28. The minimum atomic E-state index is 0.168. The van der Waals surface area contributed by atoms with E-state index in [0.29, 0.717) is 0 Å². The van der Waals surface area contributed by atoms with Gasteiger partial charge in [0.05, 0.1) is 6.04 Å². The van der Waals surface area contributed by atoms with Crippen LogP contribution in [0.2, 0.25) is 5.82 Å². The van der Waals surface area contributed by atoms with Gasteiger partial charge in [0.1, 0.15) is 0 Å². The molecular formula is C44H36BN3. The summed E-state index contributed by atoms with van der Waals surface area (Å²) in [7, 11) is 0. The van der Waals surface area contributed by atoms with Crippen molar-refractivity contribution in [1.82, 2.24) is 0 Å². The van der Waals surface area contributed by atoms with E-state index in [-0.39, 0.29) is 18.6 Å². The number of hydrogen-bond donors (Lipinski definition) is 0. The fourth-order valence-corrected chi connectivity index (χ4v) is 8.06. The zero-order valence-electron chi connectivity index (χ0n) is 27.2. The Hall–Kier alpha value is -5.74. The molecule has 48 heavy (non-hydrogen) atoms. The molecule has 0 radical (unpaired) electrons. The van der Waals surface area contributed by atoms with E-state index in [4.69, 9.17) is 0 Å². The fourth-order valence-electron chi connectivity index (χ4n) is 8.06. The van der Waals surface area contributed by atoms with Crippen LogP contribution in [0.25, 0.3) is 0 Å². The summed E-state index contributed by atoms with van der Waals surface area (Å²) in [5.41, 5.74) is 14.9. The predicted molar refractivity (Wildman–Crippen MR) is 204 cm³/mol. The van der Waals surface area contributed by atoms with E-state index in [1.54, 1.807) is 0 Å². The van der Waals surface area contributed by atoms with Gasteiger partial charge in [-0.15, -0.1) is 0 Å². The molecule has 0 aromatic heterocycles. The summed E-state index contributed by atoms with van der Waals surface area (Å²) in [5.74, 6) is 0.229. The molecule has 0 fully saturated rings. The highest BCUT2D eigenvalue weighted by Crippen LogP contribution is 2.51. The summed E-state index contributed by atoms with van der Waals surface area (Å²) in [6.07, 6.45) is 7.04. The van der Waals surface area contributed by atoms with Gasteiger partial charge in [-0.1, -0.05) is 114 Å². The molecular weight excluding hydrogens is 581 g/mol. The SMILES string of the molecule is Cc1ccc(N2C3=CC=CC4C3B(c3ccc(N(c5ccccc5)c5ccc(C)cc5)cc32)c2ccccc2N4c2ccccc2)cc1. The van der Waals surface area contributed by atoms with Gasteiger partial charge in [-0.05, 0) is 92.1 Å². The van der Waals surface area contributed by atoms with E-state index in [0.717, 1.165) is 17.1 Å². The molecule has 2 atom stereocenters. The van der Waals surface area contributed by atoms with Gasteiger partial charge in [-0.25, -0.2) is 0 Å². The van der Waals surface area contributed by atoms with E-state index < -0.39 is 0 Å². The Labute approximate surface area is 283 Å². The summed E-state index contributed by atoms with van der Waals surface area (Å²) in [4.78, 5) is 7.47. The second kappa shape index (κ2) is 11.5. The molecule has 3 aliphatic rings. The average molecular weight is 618 g/mol. The van der Waals surface area contributed by atoms with Crippen molar-refractivity contribution in [2.75, 3.05) is 14.7 Å². The van der Waals surface area contributed by atoms with Crippen LogP contribution in [-0.4, -0.2) is 12.8 Å². The van der Waals surface area contributed by atoms with Crippen LogP contribution >= 0.6 is 0 Å². The van der Waals surface area contributed by atoms with Crippen LogP contribution < -0.4 is 25.6 Å². The number of allylic oxidation sites excluding steroid dienone is 2. The molecule has 2 heterocycles. The molecule has 0 amide bonds. The normalized spacial score (nSPS) is 17.3. The standard InChI is InChI=1S/C44H36BN3/c1-31-20-24-35(25-21-31)46(33-12-5-3-6-13-33)37-28-29-39-43(30-37)48(36-26-22-32(2)23-27-36)42-19-11-18-41-44(42)45(39)38-16-9-10-17-40(38)47(41)34-14-7-4-8-15-34/h3-30,41,44H,1-2H3. The molecule has 9 rings (SSSR count). The number of aryl methyl sites for hydroxylation is 2. The second-order valence-electron chi connectivity index (χ2n) is 13.2. The Morgan fingerprint density at radius 3 is 1.90 bits per heavy atom. The van der Waals surface area contributed by atoms with Crippen LogP contribution in [0.5, 0.6) is 0 Å². The number of para-hydroxylation sites is 3. The lowest BCUT2D eigenvalue weighted by molar-refractivity contribution is 0.722. The first-order chi connectivity index (χ1) is 23.7. The van der Waals surface area contributed by atoms with Crippen LogP contribution in [0, 0.1) is 13.8 Å². The van der Waals surface area contributed by atoms with Gasteiger partial charge in [-0.3, -0.25) is 0 Å². The number of fused-ring (bicyclic) bond motifs is 4. The Bertz CT molecular complexity index is 2170. The van der Waals surface area contributed by atoms with Crippen molar-refractivity contribution in [2.24, 2.45) is 0 Å². The van der Waals surface area contributed by atoms with Crippen molar-refractivity contribution in [2.45, 2.75) is 25.7 Å². The summed E-state index contributed by atoms with van der Waals surface area (Å²) in [5, 5.41) is 0. The van der Waals surface area contributed by atoms with Crippen LogP contribution in [0.4, 0.5) is 39.8 Å². The van der Waals surface area contributed by atoms with Crippen LogP contribution in [0.1, 0.15) is 11.1 Å². The third-order valence-corrected chi connectivity index (χ3v) is 10.2. The molecule has 3 nitrogen and oxygen atoms in total. The first-order valence-corrected chi connectivity index (χ1v) is 16.9. The zero-order valence-corrected chi connectivity index (χ0v) is 27.2. The number of anilines is 7. The van der Waals surface area contributed by atoms with Crippen LogP contribution in [0.15, 0.2) is 176 Å². The van der Waals surface area contributed by atoms with Gasteiger partial charge in [-0.2, -0.15) is 0 Å². The Kier molecular flexibility index (Phi) is 6.83. The lowest BCUT2D eigenvalue weighted by Gasteiger charge is -2.53. The molecule has 2 aliphatic heterocycles. The van der Waals surface area contributed by atoms with E-state index in [1.807, 2.05) is 0 Å². The number of hydrogen-bond acceptors (Lipinski definition) is 3. The van der Waals surface area contributed by atoms with E-state index >= 15 is 0 Å². The fraction of sp³-hybridized carbons (Fsp3) is 0.0909. The van der Waals surface area contributed by atoms with Gasteiger partial charge < -0.3 is 14.7 Å². The molecule has 2 unspecified atom stereocenters. The van der Waals surface area contributed by atoms with Crippen LogP contribution in [-0.2, 0) is 0 Å². The van der Waals surface area contributed by atoms with Crippen molar-refractivity contribution >= 4 is 57.5 Å². The maximum Gasteiger partial charge on any atom is 0.226 e. The predicted octanol–water partition coefficient (Wildman–Crippen LogP) is 9.88. The molecule has 6 aromatic carbocycles. The summed E-state index contributed by atoms with van der Waals surface area (Å²) in [6.45, 7) is 4.51. The monoisotopic (exact) mass is 617 g/mol. The van der Waals surface area contributed by atoms with Gasteiger partial charge >= 0.3 is 0 Å². The second-order valence-corrected chi connectivity index (χ2v) is 13.2. The number of rotatable bonds is 5. The molecule has 230 valence electrons. The van der Waals surface area contributed by atoms with Gasteiger partial charge in [0.2, 0.25) is 6.71 Å². The van der Waals surface area contributed by atoms with Gasteiger partial charge in [0.15, 0.2) is 0 Å². The summed E-state index contributed by atoms with van der Waals surface area (Å²) in [6, 6.07) is 55.8. The third kappa shape index (κ3) is 4.59. The molecule has 1 aliphatic carbocycles. The Morgan fingerprint density at radius 1 is 0.542 bits per heavy atom. The van der Waals surface area contributed by atoms with Crippen molar-refractivity contribution in [3.8, 4) is 0 Å². The molecule has 0 bridgehead atoms. The van der Waals surface area contributed by atoms with E-state index in [9.17, 15) is 0 Å². The summed E-state index contributed by atoms with van der Waals surface area (Å²) >= 11 is 0. The first-order valence-electron chi connectivity index (χ1n) is 16.9. The lowest BCUT2D eigenvalue weighted by Crippen LogP contribution is -2.63. The Balaban J connectivity index is 1.30. The highest BCUT2D eigenvalue weighted by Gasteiger charge is 2.51. The topological polar surface area (TPSA) is 9.72 Å². The van der Waals surface area contributed by atoms with Crippen molar-refractivity contribution < 1.29 is 0 Å².